The second kappa shape index (κ2) is 5.84. The Bertz CT molecular complexity index is 646. The van der Waals surface area contributed by atoms with Gasteiger partial charge in [-0.15, -0.1) is 5.92 Å². The fourth-order valence-corrected chi connectivity index (χ4v) is 7.19. The minimum atomic E-state index is -0.638. The topological polar surface area (TPSA) is 66.5 Å². The van der Waals surface area contributed by atoms with Gasteiger partial charge in [-0.1, -0.05) is 25.8 Å². The van der Waals surface area contributed by atoms with Crippen LogP contribution in [0.5, 0.6) is 0 Å². The Hall–Kier alpha value is -0.820. The van der Waals surface area contributed by atoms with Crippen molar-refractivity contribution in [3.05, 3.63) is 11.6 Å². The molecule has 0 amide bonds. The van der Waals surface area contributed by atoms with Crippen molar-refractivity contribution in [3.63, 3.8) is 0 Å². The van der Waals surface area contributed by atoms with Crippen LogP contribution in [0.1, 0.15) is 59.3 Å². The Morgan fingerprint density at radius 3 is 2.56 bits per heavy atom. The summed E-state index contributed by atoms with van der Waals surface area (Å²) in [4.78, 5) is 0. The molecule has 0 radical (unpaired) electrons. The van der Waals surface area contributed by atoms with Crippen LogP contribution in [0.25, 0.3) is 0 Å². The smallest absolute Gasteiger partial charge is 0.0836 e. The normalized spacial score (nSPS) is 54.5. The summed E-state index contributed by atoms with van der Waals surface area (Å²) in [7, 11) is 0. The van der Waals surface area contributed by atoms with Crippen molar-refractivity contribution in [2.75, 3.05) is 0 Å². The third kappa shape index (κ3) is 2.30. The zero-order chi connectivity index (χ0) is 18.0. The van der Waals surface area contributed by atoms with E-state index in [-0.39, 0.29) is 28.7 Å². The van der Waals surface area contributed by atoms with Gasteiger partial charge in [-0.25, -0.2) is 0 Å². The van der Waals surface area contributed by atoms with Crippen LogP contribution in [-0.2, 0) is 0 Å². The van der Waals surface area contributed by atoms with E-state index in [0.717, 1.165) is 38.5 Å². The Kier molecular flexibility index (Phi) is 4.11. The summed E-state index contributed by atoms with van der Waals surface area (Å²) in [5.74, 6) is 7.61. The molecule has 5 unspecified atom stereocenters. The molecule has 4 aliphatic rings. The van der Waals surface area contributed by atoms with E-state index in [1.807, 2.05) is 6.92 Å². The summed E-state index contributed by atoms with van der Waals surface area (Å²) >= 11 is 0. The quantitative estimate of drug-likeness (QED) is 0.593. The summed E-state index contributed by atoms with van der Waals surface area (Å²) in [5.41, 5.74) is 7.66. The lowest BCUT2D eigenvalue weighted by Crippen LogP contribution is -2.64. The lowest BCUT2D eigenvalue weighted by atomic mass is 9.43. The molecule has 3 saturated carbocycles. The molecule has 0 heterocycles. The van der Waals surface area contributed by atoms with E-state index < -0.39 is 12.2 Å². The molecule has 3 heteroatoms. The lowest BCUT2D eigenvalue weighted by molar-refractivity contribution is -0.210. The maximum Gasteiger partial charge on any atom is 0.0836 e. The molecule has 4 aliphatic carbocycles. The molecule has 0 aromatic carbocycles. The fraction of sp³-hybridized carbons (Fsp3) is 0.818. The number of hydrogen-bond acceptors (Lipinski definition) is 3. The second-order valence-corrected chi connectivity index (χ2v) is 9.60. The number of rotatable bonds is 0. The average Bonchev–Trinajstić information content (AvgIpc) is 2.91. The van der Waals surface area contributed by atoms with E-state index in [0.29, 0.717) is 11.8 Å². The lowest BCUT2D eigenvalue weighted by Gasteiger charge is -2.63. The van der Waals surface area contributed by atoms with Crippen molar-refractivity contribution in [2.45, 2.75) is 77.5 Å². The highest BCUT2D eigenvalue weighted by atomic mass is 16.3. The molecule has 4 N–H and O–H groups in total. The van der Waals surface area contributed by atoms with Gasteiger partial charge < -0.3 is 15.9 Å². The number of fused-ring (bicyclic) bond motifs is 5. The zero-order valence-corrected chi connectivity index (χ0v) is 15.8. The summed E-state index contributed by atoms with van der Waals surface area (Å²) in [5, 5.41) is 22.2. The van der Waals surface area contributed by atoms with Crippen LogP contribution in [0, 0.1) is 46.3 Å². The first-order valence-corrected chi connectivity index (χ1v) is 10.1. The van der Waals surface area contributed by atoms with Crippen LogP contribution in [-0.4, -0.2) is 28.5 Å². The van der Waals surface area contributed by atoms with Gasteiger partial charge >= 0.3 is 0 Å². The SMILES string of the molecule is CC#CC1=CCC2C3C(O)[C@H](O)C4C[C@@H](N)CC[C@]4(C)C3CC[C@]12C. The summed E-state index contributed by atoms with van der Waals surface area (Å²) in [6.45, 7) is 6.61. The molecule has 0 aromatic rings. The minimum absolute atomic E-state index is 0.0686. The van der Waals surface area contributed by atoms with Crippen LogP contribution in [0.15, 0.2) is 11.6 Å². The summed E-state index contributed by atoms with van der Waals surface area (Å²) < 4.78 is 0. The van der Waals surface area contributed by atoms with Crippen LogP contribution in [0.3, 0.4) is 0 Å². The molecule has 9 atom stereocenters. The first-order valence-electron chi connectivity index (χ1n) is 10.1. The number of allylic oxidation sites excluding steroid dienone is 2. The van der Waals surface area contributed by atoms with Crippen molar-refractivity contribution >= 4 is 0 Å². The first kappa shape index (κ1) is 17.6. The maximum absolute atomic E-state index is 11.1. The van der Waals surface area contributed by atoms with E-state index in [2.05, 4.69) is 31.8 Å². The van der Waals surface area contributed by atoms with E-state index in [1.165, 1.54) is 5.57 Å². The molecule has 0 bridgehead atoms. The number of hydrogen-bond donors (Lipinski definition) is 3. The molecule has 0 aliphatic heterocycles. The average molecular weight is 344 g/mol. The molecule has 0 spiro atoms. The zero-order valence-electron chi connectivity index (χ0n) is 15.8. The van der Waals surface area contributed by atoms with Gasteiger partial charge in [0.1, 0.15) is 0 Å². The van der Waals surface area contributed by atoms with Crippen molar-refractivity contribution in [1.29, 1.82) is 0 Å². The van der Waals surface area contributed by atoms with Crippen LogP contribution in [0.4, 0.5) is 0 Å². The maximum atomic E-state index is 11.1. The molecule has 3 fully saturated rings. The highest BCUT2D eigenvalue weighted by Gasteiger charge is 2.63. The van der Waals surface area contributed by atoms with Gasteiger partial charge in [0.25, 0.3) is 0 Å². The van der Waals surface area contributed by atoms with E-state index >= 15 is 0 Å². The molecule has 3 nitrogen and oxygen atoms in total. The minimum Gasteiger partial charge on any atom is -0.390 e. The Morgan fingerprint density at radius 1 is 1.08 bits per heavy atom. The predicted molar refractivity (Wildman–Crippen MR) is 99.4 cm³/mol. The third-order valence-electron chi connectivity index (χ3n) is 8.63. The standard InChI is InChI=1S/C22H33NO2/c1-4-5-13-6-7-15-18-16(9-11-21(13,15)2)22(3)10-8-14(23)12-17(22)19(24)20(18)25/h6,14-20,24-25H,7-12,23H2,1-3H3/t14-,15?,16?,17?,18?,19+,20?,21+,22+/m0/s1. The Balaban J connectivity index is 1.71. The van der Waals surface area contributed by atoms with Crippen molar-refractivity contribution in [1.82, 2.24) is 0 Å². The van der Waals surface area contributed by atoms with Gasteiger partial charge in [0.05, 0.1) is 12.2 Å². The van der Waals surface area contributed by atoms with Gasteiger partial charge in [0.2, 0.25) is 0 Å². The number of nitrogens with two attached hydrogens (primary N) is 1. The highest BCUT2D eigenvalue weighted by Crippen LogP contribution is 2.66. The number of aliphatic hydroxyl groups excluding tert-OH is 2. The molecule has 25 heavy (non-hydrogen) atoms. The van der Waals surface area contributed by atoms with Gasteiger partial charge in [-0.2, -0.15) is 0 Å². The first-order chi connectivity index (χ1) is 11.8. The van der Waals surface area contributed by atoms with Crippen LogP contribution >= 0.6 is 0 Å². The van der Waals surface area contributed by atoms with Gasteiger partial charge in [0.15, 0.2) is 0 Å². The molecular formula is C22H33NO2. The molecule has 4 rings (SSSR count). The van der Waals surface area contributed by atoms with E-state index in [1.54, 1.807) is 0 Å². The van der Waals surface area contributed by atoms with Gasteiger partial charge in [-0.05, 0) is 74.5 Å². The summed E-state index contributed by atoms with van der Waals surface area (Å²) in [6.07, 6.45) is 7.29. The van der Waals surface area contributed by atoms with Crippen molar-refractivity contribution in [2.24, 2.45) is 40.2 Å². The summed E-state index contributed by atoms with van der Waals surface area (Å²) in [6, 6.07) is 0.171. The van der Waals surface area contributed by atoms with Crippen molar-refractivity contribution in [3.8, 4) is 11.8 Å². The largest absolute Gasteiger partial charge is 0.390 e. The van der Waals surface area contributed by atoms with Crippen molar-refractivity contribution < 1.29 is 10.2 Å². The second-order valence-electron chi connectivity index (χ2n) is 9.60. The molecule has 0 saturated heterocycles. The molecule has 138 valence electrons. The van der Waals surface area contributed by atoms with E-state index in [9.17, 15) is 10.2 Å². The van der Waals surface area contributed by atoms with Crippen LogP contribution in [0.2, 0.25) is 0 Å². The highest BCUT2D eigenvalue weighted by molar-refractivity contribution is 5.40. The molecular weight excluding hydrogens is 310 g/mol. The van der Waals surface area contributed by atoms with Crippen LogP contribution < -0.4 is 5.73 Å². The number of aliphatic hydroxyl groups is 2. The molecule has 0 aromatic heterocycles. The van der Waals surface area contributed by atoms with Gasteiger partial charge in [-0.3, -0.25) is 0 Å². The van der Waals surface area contributed by atoms with E-state index in [4.69, 9.17) is 5.73 Å². The predicted octanol–water partition coefficient (Wildman–Crippen LogP) is 2.86. The fourth-order valence-electron chi connectivity index (χ4n) is 7.19. The Morgan fingerprint density at radius 2 is 1.84 bits per heavy atom. The monoisotopic (exact) mass is 343 g/mol. The Labute approximate surface area is 152 Å². The third-order valence-corrected chi connectivity index (χ3v) is 8.63. The van der Waals surface area contributed by atoms with Gasteiger partial charge in [0, 0.05) is 17.0 Å².